The van der Waals surface area contributed by atoms with Crippen LogP contribution in [0.1, 0.15) is 18.1 Å². The Morgan fingerprint density at radius 1 is 1.38 bits per heavy atom. The fourth-order valence-corrected chi connectivity index (χ4v) is 2.29. The van der Waals surface area contributed by atoms with E-state index in [0.717, 1.165) is 27.6 Å². The molecule has 0 atom stereocenters. The molecule has 2 aromatic rings. The lowest BCUT2D eigenvalue weighted by molar-refractivity contribution is -0.118. The van der Waals surface area contributed by atoms with Gasteiger partial charge in [0.15, 0.2) is 0 Å². The van der Waals surface area contributed by atoms with E-state index in [9.17, 15) is 4.79 Å². The lowest BCUT2D eigenvalue weighted by Gasteiger charge is -2.10. The first-order valence-electron chi connectivity index (χ1n) is 6.66. The normalized spacial score (nSPS) is 11.0. The Bertz CT molecular complexity index is 681. The molecule has 0 bridgehead atoms. The van der Waals surface area contributed by atoms with Crippen molar-refractivity contribution < 1.29 is 14.7 Å². The van der Waals surface area contributed by atoms with E-state index in [-0.39, 0.29) is 5.91 Å². The molecule has 5 heteroatoms. The van der Waals surface area contributed by atoms with Gasteiger partial charge >= 0.3 is 0 Å². The molecule has 21 heavy (non-hydrogen) atoms. The molecule has 0 aliphatic heterocycles. The molecule has 2 N–H and O–H groups in total. The van der Waals surface area contributed by atoms with Gasteiger partial charge in [-0.15, -0.1) is 0 Å². The van der Waals surface area contributed by atoms with Crippen molar-refractivity contribution in [1.29, 1.82) is 0 Å². The van der Waals surface area contributed by atoms with E-state index in [2.05, 4.69) is 10.5 Å². The van der Waals surface area contributed by atoms with E-state index in [1.165, 1.54) is 13.1 Å². The molecule has 0 radical (unpaired) electrons. The monoisotopic (exact) mass is 286 g/mol. The number of carbonyl (C=O) groups is 1. The molecule has 2 rings (SSSR count). The van der Waals surface area contributed by atoms with Crippen molar-refractivity contribution in [1.82, 2.24) is 5.32 Å². The summed E-state index contributed by atoms with van der Waals surface area (Å²) >= 11 is 0. The number of oxime groups is 1. The smallest absolute Gasteiger partial charge is 0.216 e. The van der Waals surface area contributed by atoms with Gasteiger partial charge in [0.05, 0.1) is 13.3 Å². The summed E-state index contributed by atoms with van der Waals surface area (Å²) < 4.78 is 5.26. The van der Waals surface area contributed by atoms with Gasteiger partial charge in [-0.3, -0.25) is 4.79 Å². The van der Waals surface area contributed by atoms with E-state index in [1.807, 2.05) is 30.3 Å². The van der Waals surface area contributed by atoms with Crippen LogP contribution < -0.4 is 10.1 Å². The van der Waals surface area contributed by atoms with E-state index in [4.69, 9.17) is 9.94 Å². The summed E-state index contributed by atoms with van der Waals surface area (Å²) in [5.74, 6) is 0.733. The first-order valence-corrected chi connectivity index (χ1v) is 6.66. The van der Waals surface area contributed by atoms with Crippen molar-refractivity contribution in [2.45, 2.75) is 13.3 Å². The molecular formula is C16H18N2O3. The fourth-order valence-electron chi connectivity index (χ4n) is 2.29. The van der Waals surface area contributed by atoms with Crippen molar-refractivity contribution in [3.63, 3.8) is 0 Å². The Kier molecular flexibility index (Phi) is 4.77. The number of ether oxygens (including phenoxy) is 1. The second-order valence-electron chi connectivity index (χ2n) is 4.74. The molecule has 0 aliphatic rings. The third-order valence-corrected chi connectivity index (χ3v) is 3.24. The molecule has 2 aromatic carbocycles. The highest BCUT2D eigenvalue weighted by Gasteiger charge is 2.06. The summed E-state index contributed by atoms with van der Waals surface area (Å²) in [5, 5.41) is 16.7. The molecule has 5 nitrogen and oxygen atoms in total. The molecular weight excluding hydrogens is 268 g/mol. The number of benzene rings is 2. The van der Waals surface area contributed by atoms with E-state index >= 15 is 0 Å². The van der Waals surface area contributed by atoms with Gasteiger partial charge in [0.2, 0.25) is 5.91 Å². The van der Waals surface area contributed by atoms with Crippen LogP contribution in [0.4, 0.5) is 0 Å². The number of nitrogens with one attached hydrogen (secondary N) is 1. The van der Waals surface area contributed by atoms with Crippen molar-refractivity contribution >= 4 is 22.9 Å². The molecule has 0 heterocycles. The van der Waals surface area contributed by atoms with Gasteiger partial charge in [0, 0.05) is 13.5 Å². The maximum absolute atomic E-state index is 11.0. The highest BCUT2D eigenvalue weighted by molar-refractivity contribution is 5.93. The Labute approximate surface area is 123 Å². The lowest BCUT2D eigenvalue weighted by Crippen LogP contribution is -2.22. The fraction of sp³-hybridized carbons (Fsp3) is 0.250. The molecule has 0 saturated carbocycles. The molecule has 0 aromatic heterocycles. The third-order valence-electron chi connectivity index (χ3n) is 3.24. The van der Waals surface area contributed by atoms with Crippen LogP contribution in [-0.2, 0) is 11.2 Å². The SMILES string of the molecule is COc1ccc2cc(/C=N/O)cc(CCNC(C)=O)c2c1. The van der Waals surface area contributed by atoms with Crippen LogP contribution in [0.3, 0.4) is 0 Å². The van der Waals surface area contributed by atoms with E-state index in [0.29, 0.717) is 13.0 Å². The lowest BCUT2D eigenvalue weighted by atomic mass is 9.98. The van der Waals surface area contributed by atoms with Crippen LogP contribution in [0.25, 0.3) is 10.8 Å². The maximum Gasteiger partial charge on any atom is 0.216 e. The number of nitrogens with zero attached hydrogens (tertiary/aromatic N) is 1. The van der Waals surface area contributed by atoms with Crippen LogP contribution in [0.2, 0.25) is 0 Å². The minimum Gasteiger partial charge on any atom is -0.497 e. The molecule has 0 saturated heterocycles. The van der Waals surface area contributed by atoms with Crippen molar-refractivity contribution in [2.75, 3.05) is 13.7 Å². The second-order valence-corrected chi connectivity index (χ2v) is 4.74. The number of fused-ring (bicyclic) bond motifs is 1. The zero-order chi connectivity index (χ0) is 15.2. The highest BCUT2D eigenvalue weighted by Crippen LogP contribution is 2.25. The van der Waals surface area contributed by atoms with E-state index in [1.54, 1.807) is 7.11 Å². The quantitative estimate of drug-likeness (QED) is 0.503. The number of amides is 1. The van der Waals surface area contributed by atoms with Gasteiger partial charge in [-0.05, 0) is 52.6 Å². The zero-order valence-electron chi connectivity index (χ0n) is 12.1. The summed E-state index contributed by atoms with van der Waals surface area (Å²) in [6.45, 7) is 2.05. The highest BCUT2D eigenvalue weighted by atomic mass is 16.5. The zero-order valence-corrected chi connectivity index (χ0v) is 12.1. The number of rotatable bonds is 5. The number of carbonyl (C=O) groups excluding carboxylic acids is 1. The molecule has 0 fully saturated rings. The largest absolute Gasteiger partial charge is 0.497 e. The van der Waals surface area contributed by atoms with Crippen LogP contribution in [0, 0.1) is 0 Å². The summed E-state index contributed by atoms with van der Waals surface area (Å²) in [5.41, 5.74) is 1.88. The van der Waals surface area contributed by atoms with Gasteiger partial charge < -0.3 is 15.3 Å². The van der Waals surface area contributed by atoms with Gasteiger partial charge in [0.25, 0.3) is 0 Å². The summed E-state index contributed by atoms with van der Waals surface area (Å²) in [6.07, 6.45) is 2.09. The predicted molar refractivity (Wildman–Crippen MR) is 82.3 cm³/mol. The standard InChI is InChI=1S/C16H18N2O3/c1-11(19)17-6-5-14-8-12(10-18-20)7-13-3-4-15(21-2)9-16(13)14/h3-4,7-10,20H,5-6H2,1-2H3,(H,17,19)/b18-10+. The Morgan fingerprint density at radius 2 is 2.19 bits per heavy atom. The Morgan fingerprint density at radius 3 is 2.86 bits per heavy atom. The summed E-state index contributed by atoms with van der Waals surface area (Å²) in [4.78, 5) is 11.0. The van der Waals surface area contributed by atoms with Crippen LogP contribution in [0.5, 0.6) is 5.75 Å². The van der Waals surface area contributed by atoms with Crippen LogP contribution >= 0.6 is 0 Å². The number of methoxy groups -OCH3 is 1. The predicted octanol–water partition coefficient (Wildman–Crippen LogP) is 2.34. The number of hydrogen-bond donors (Lipinski definition) is 2. The average molecular weight is 286 g/mol. The second kappa shape index (κ2) is 6.74. The minimum atomic E-state index is -0.0510. The molecule has 0 unspecified atom stereocenters. The molecule has 0 spiro atoms. The van der Waals surface area contributed by atoms with Crippen molar-refractivity contribution in [3.8, 4) is 5.75 Å². The third kappa shape index (κ3) is 3.72. The molecule has 1 amide bonds. The van der Waals surface area contributed by atoms with Crippen molar-refractivity contribution in [2.24, 2.45) is 5.16 Å². The Hall–Kier alpha value is -2.56. The topological polar surface area (TPSA) is 70.9 Å². The van der Waals surface area contributed by atoms with E-state index < -0.39 is 0 Å². The number of hydrogen-bond acceptors (Lipinski definition) is 4. The van der Waals surface area contributed by atoms with Gasteiger partial charge in [-0.25, -0.2) is 0 Å². The first-order chi connectivity index (χ1) is 10.1. The first kappa shape index (κ1) is 14.8. The van der Waals surface area contributed by atoms with Crippen molar-refractivity contribution in [3.05, 3.63) is 41.5 Å². The van der Waals surface area contributed by atoms with Crippen LogP contribution in [-0.4, -0.2) is 31.0 Å². The molecule has 0 aliphatic carbocycles. The summed E-state index contributed by atoms with van der Waals surface area (Å²) in [7, 11) is 1.63. The minimum absolute atomic E-state index is 0.0510. The average Bonchev–Trinajstić information content (AvgIpc) is 2.46. The van der Waals surface area contributed by atoms with Gasteiger partial charge in [-0.1, -0.05) is 11.2 Å². The Balaban J connectivity index is 2.43. The molecule has 110 valence electrons. The van der Waals surface area contributed by atoms with Crippen LogP contribution in [0.15, 0.2) is 35.5 Å². The van der Waals surface area contributed by atoms with Gasteiger partial charge in [0.1, 0.15) is 5.75 Å². The maximum atomic E-state index is 11.0. The summed E-state index contributed by atoms with van der Waals surface area (Å²) in [6, 6.07) is 9.71. The van der Waals surface area contributed by atoms with Gasteiger partial charge in [-0.2, -0.15) is 0 Å².